The summed E-state index contributed by atoms with van der Waals surface area (Å²) >= 11 is 5.20. The molecule has 2 heterocycles. The van der Waals surface area contributed by atoms with E-state index in [2.05, 4.69) is 10.1 Å². The van der Waals surface area contributed by atoms with Gasteiger partial charge in [-0.1, -0.05) is 25.1 Å². The molecule has 11 nitrogen and oxygen atoms in total. The quantitative estimate of drug-likeness (QED) is 0.240. The summed E-state index contributed by atoms with van der Waals surface area (Å²) in [5.41, 5.74) is -0.354. The average Bonchev–Trinajstić information content (AvgIpc) is 3.06. The lowest BCUT2D eigenvalue weighted by atomic mass is 10.0. The standard InChI is InChI=1S/C22H30N3O8PS/c1-13(2)31-21(28)15(4)24-34(29,33-16-8-6-5-7-9-16)30-12-17-19(27)14(3)20(32-17)25-11-10-18(26)23-22(25)35/h5-11,13-15,17,19-20,27H,12H2,1-4H3,(H,24,29)(H,23,26,35)/t14-,15-,17+,19?,20+,34+/m0/s1. The molecule has 13 heteroatoms. The SMILES string of the molecule is CC(C)OC(=O)[C@H](C)N[P@@](=O)(OC[C@H]1O[C@@H](n2ccc(=O)[nH]c2=S)[C@@H](C)C1O)Oc1ccccc1. The first-order valence-electron chi connectivity index (χ1n) is 11.1. The molecule has 1 aliphatic rings. The highest BCUT2D eigenvalue weighted by atomic mass is 32.1. The van der Waals surface area contributed by atoms with E-state index in [4.69, 9.17) is 30.7 Å². The Morgan fingerprint density at radius 3 is 2.60 bits per heavy atom. The number of nitrogens with one attached hydrogen (secondary N) is 2. The van der Waals surface area contributed by atoms with Gasteiger partial charge in [0.2, 0.25) is 0 Å². The highest BCUT2D eigenvalue weighted by Crippen LogP contribution is 2.46. The lowest BCUT2D eigenvalue weighted by molar-refractivity contribution is -0.149. The molecule has 3 N–H and O–H groups in total. The Balaban J connectivity index is 1.75. The number of para-hydroxylation sites is 1. The number of rotatable bonds is 10. The summed E-state index contributed by atoms with van der Waals surface area (Å²) in [4.78, 5) is 26.3. The summed E-state index contributed by atoms with van der Waals surface area (Å²) < 4.78 is 37.6. The minimum atomic E-state index is -4.12. The van der Waals surface area contributed by atoms with E-state index in [-0.39, 0.29) is 28.8 Å². The van der Waals surface area contributed by atoms with Gasteiger partial charge in [-0.15, -0.1) is 0 Å². The first-order valence-corrected chi connectivity index (χ1v) is 13.1. The summed E-state index contributed by atoms with van der Waals surface area (Å²) in [7, 11) is -4.12. The minimum absolute atomic E-state index is 0.139. The van der Waals surface area contributed by atoms with Crippen LogP contribution in [0.2, 0.25) is 0 Å². The van der Waals surface area contributed by atoms with Crippen molar-refractivity contribution in [1.29, 1.82) is 0 Å². The van der Waals surface area contributed by atoms with Gasteiger partial charge in [0.25, 0.3) is 5.56 Å². The summed E-state index contributed by atoms with van der Waals surface area (Å²) in [6.07, 6.45) is -1.46. The van der Waals surface area contributed by atoms with Gasteiger partial charge in [0.15, 0.2) is 4.77 Å². The van der Waals surface area contributed by atoms with Crippen molar-refractivity contribution in [1.82, 2.24) is 14.6 Å². The van der Waals surface area contributed by atoms with Crippen molar-refractivity contribution in [2.45, 2.75) is 58.3 Å². The molecule has 0 bridgehead atoms. The number of aliphatic hydroxyl groups is 1. The van der Waals surface area contributed by atoms with Crippen LogP contribution >= 0.6 is 20.0 Å². The first-order chi connectivity index (χ1) is 16.5. The maximum absolute atomic E-state index is 13.6. The van der Waals surface area contributed by atoms with E-state index in [1.807, 2.05) is 0 Å². The van der Waals surface area contributed by atoms with Crippen molar-refractivity contribution in [3.8, 4) is 5.75 Å². The van der Waals surface area contributed by atoms with Gasteiger partial charge in [-0.05, 0) is 45.1 Å². The van der Waals surface area contributed by atoms with Crippen LogP contribution in [-0.4, -0.2) is 51.6 Å². The molecule has 1 fully saturated rings. The number of ether oxygens (including phenoxy) is 2. The molecule has 0 spiro atoms. The van der Waals surface area contributed by atoms with Crippen LogP contribution in [0.15, 0.2) is 47.4 Å². The van der Waals surface area contributed by atoms with E-state index in [0.717, 1.165) is 0 Å². The van der Waals surface area contributed by atoms with Gasteiger partial charge in [0.1, 0.15) is 24.1 Å². The van der Waals surface area contributed by atoms with Gasteiger partial charge in [-0.25, -0.2) is 4.57 Å². The van der Waals surface area contributed by atoms with Gasteiger partial charge in [0.05, 0.1) is 18.8 Å². The molecule has 0 amide bonds. The van der Waals surface area contributed by atoms with Crippen LogP contribution in [-0.2, 0) is 23.4 Å². The molecule has 0 saturated carbocycles. The topological polar surface area (TPSA) is 141 Å². The second-order valence-electron chi connectivity index (χ2n) is 8.47. The van der Waals surface area contributed by atoms with E-state index < -0.39 is 44.1 Å². The normalized spacial score (nSPS) is 24.6. The Morgan fingerprint density at radius 1 is 1.29 bits per heavy atom. The molecule has 192 valence electrons. The molecule has 2 aromatic rings. The van der Waals surface area contributed by atoms with Crippen LogP contribution in [0.1, 0.15) is 33.9 Å². The highest BCUT2D eigenvalue weighted by molar-refractivity contribution is 7.71. The van der Waals surface area contributed by atoms with Crippen LogP contribution in [0.4, 0.5) is 0 Å². The molecule has 3 rings (SSSR count). The monoisotopic (exact) mass is 527 g/mol. The third kappa shape index (κ3) is 7.09. The number of aliphatic hydroxyl groups excluding tert-OH is 1. The van der Waals surface area contributed by atoms with Crippen molar-refractivity contribution in [3.63, 3.8) is 0 Å². The van der Waals surface area contributed by atoms with Crippen molar-refractivity contribution < 1.29 is 33.0 Å². The number of hydrogen-bond acceptors (Lipinski definition) is 9. The molecule has 6 atom stereocenters. The number of carbonyl (C=O) groups excluding carboxylic acids is 1. The number of benzene rings is 1. The minimum Gasteiger partial charge on any atom is -0.462 e. The van der Waals surface area contributed by atoms with Crippen LogP contribution < -0.4 is 15.2 Å². The second-order valence-corrected chi connectivity index (χ2v) is 10.5. The third-order valence-corrected chi connectivity index (χ3v) is 7.20. The average molecular weight is 528 g/mol. The van der Waals surface area contributed by atoms with Gasteiger partial charge in [-0.3, -0.25) is 23.7 Å². The molecule has 0 radical (unpaired) electrons. The number of H-pyrrole nitrogens is 1. The molecular weight excluding hydrogens is 497 g/mol. The number of aromatic nitrogens is 2. The lowest BCUT2D eigenvalue weighted by Gasteiger charge is -2.25. The van der Waals surface area contributed by atoms with E-state index in [1.54, 1.807) is 51.1 Å². The molecule has 35 heavy (non-hydrogen) atoms. The van der Waals surface area contributed by atoms with Crippen LogP contribution in [0.25, 0.3) is 0 Å². The molecule has 0 aliphatic carbocycles. The smallest absolute Gasteiger partial charge is 0.459 e. The maximum atomic E-state index is 13.6. The first kappa shape index (κ1) is 27.3. The van der Waals surface area contributed by atoms with E-state index >= 15 is 0 Å². The predicted molar refractivity (Wildman–Crippen MR) is 129 cm³/mol. The highest BCUT2D eigenvalue weighted by Gasteiger charge is 2.44. The number of nitrogens with zero attached hydrogens (tertiary/aromatic N) is 1. The number of esters is 1. The van der Waals surface area contributed by atoms with Crippen LogP contribution in [0.3, 0.4) is 0 Å². The summed E-state index contributed by atoms with van der Waals surface area (Å²) in [6, 6.07) is 8.62. The van der Waals surface area contributed by atoms with Gasteiger partial charge in [-0.2, -0.15) is 5.09 Å². The van der Waals surface area contributed by atoms with E-state index in [9.17, 15) is 19.3 Å². The summed E-state index contributed by atoms with van der Waals surface area (Å²) in [5.74, 6) is -0.797. The molecule has 1 aromatic carbocycles. The lowest BCUT2D eigenvalue weighted by Crippen LogP contribution is -2.37. The fourth-order valence-corrected chi connectivity index (χ4v) is 5.25. The zero-order chi connectivity index (χ0) is 25.8. The van der Waals surface area contributed by atoms with E-state index in [1.165, 1.54) is 23.8 Å². The molecule has 1 aliphatic heterocycles. The molecule has 1 unspecified atom stereocenters. The summed E-state index contributed by atoms with van der Waals surface area (Å²) in [6.45, 7) is 6.32. The van der Waals surface area contributed by atoms with E-state index in [0.29, 0.717) is 0 Å². The number of carbonyl (C=O) groups is 1. The van der Waals surface area contributed by atoms with Gasteiger partial charge in [0, 0.05) is 18.2 Å². The van der Waals surface area contributed by atoms with Crippen molar-refractivity contribution in [2.75, 3.05) is 6.61 Å². The molecule has 1 aromatic heterocycles. The fourth-order valence-electron chi connectivity index (χ4n) is 3.48. The van der Waals surface area contributed by atoms with Crippen molar-refractivity contribution in [3.05, 3.63) is 57.7 Å². The fraction of sp³-hybridized carbons (Fsp3) is 0.500. The molecule has 1 saturated heterocycles. The van der Waals surface area contributed by atoms with Gasteiger partial charge >= 0.3 is 13.7 Å². The largest absolute Gasteiger partial charge is 0.462 e. The maximum Gasteiger partial charge on any atom is 0.459 e. The predicted octanol–water partition coefficient (Wildman–Crippen LogP) is 2.93. The Kier molecular flexibility index (Phi) is 9.03. The van der Waals surface area contributed by atoms with Crippen molar-refractivity contribution in [2.24, 2.45) is 5.92 Å². The number of aromatic amines is 1. The summed E-state index contributed by atoms with van der Waals surface area (Å²) in [5, 5.41) is 13.3. The zero-order valence-corrected chi connectivity index (χ0v) is 21.5. The van der Waals surface area contributed by atoms with Crippen LogP contribution in [0, 0.1) is 10.7 Å². The Labute approximate surface area is 208 Å². The zero-order valence-electron chi connectivity index (χ0n) is 19.8. The van der Waals surface area contributed by atoms with Gasteiger partial charge < -0.3 is 19.1 Å². The van der Waals surface area contributed by atoms with Crippen molar-refractivity contribution >= 4 is 25.9 Å². The second kappa shape index (κ2) is 11.6. The Bertz CT molecular complexity index is 1170. The molecular formula is C22H30N3O8PS. The third-order valence-electron chi connectivity index (χ3n) is 5.24. The Morgan fingerprint density at radius 2 is 1.97 bits per heavy atom. The van der Waals surface area contributed by atoms with Crippen LogP contribution in [0.5, 0.6) is 5.75 Å². The Hall–Kier alpha value is -2.34. The number of hydrogen-bond donors (Lipinski definition) is 3.